The van der Waals surface area contributed by atoms with Crippen molar-refractivity contribution in [1.29, 1.82) is 5.26 Å². The van der Waals surface area contributed by atoms with Gasteiger partial charge in [0, 0.05) is 10.1 Å². The second-order valence-corrected chi connectivity index (χ2v) is 5.13. The highest BCUT2D eigenvalue weighted by molar-refractivity contribution is 8.00. The molecule has 2 N–H and O–H groups in total. The Kier molecular flexibility index (Phi) is 4.81. The lowest BCUT2D eigenvalue weighted by atomic mass is 10.1. The molecule has 0 saturated carbocycles. The summed E-state index contributed by atoms with van der Waals surface area (Å²) in [6, 6.07) is 7.27. The molecule has 0 aliphatic heterocycles. The standard InChI is InChI=1S/C12H15NO2S/c1-8(7-14)16-12-5-10(6-13)3-4-11(12)9(2)15/h3-5,8-9,14-15H,7H2,1-2H3/t8?,9-/m1/s1. The van der Waals surface area contributed by atoms with Gasteiger partial charge in [0.2, 0.25) is 0 Å². The van der Waals surface area contributed by atoms with Gasteiger partial charge in [0.15, 0.2) is 0 Å². The molecule has 0 fully saturated rings. The SMILES string of the molecule is CC(CO)Sc1cc(C#N)ccc1[C@@H](C)O. The van der Waals surface area contributed by atoms with E-state index in [2.05, 4.69) is 6.07 Å². The van der Waals surface area contributed by atoms with Crippen LogP contribution in [0.4, 0.5) is 0 Å². The Morgan fingerprint density at radius 1 is 1.44 bits per heavy atom. The van der Waals surface area contributed by atoms with Gasteiger partial charge in [0.1, 0.15) is 0 Å². The molecule has 1 aromatic carbocycles. The second-order valence-electron chi connectivity index (χ2n) is 3.65. The maximum absolute atomic E-state index is 9.59. The van der Waals surface area contributed by atoms with Gasteiger partial charge in [0.25, 0.3) is 0 Å². The van der Waals surface area contributed by atoms with Gasteiger partial charge in [-0.15, -0.1) is 11.8 Å². The Balaban J connectivity index is 3.06. The molecule has 0 radical (unpaired) electrons. The van der Waals surface area contributed by atoms with Gasteiger partial charge in [-0.1, -0.05) is 13.0 Å². The average molecular weight is 237 g/mol. The van der Waals surface area contributed by atoms with Crippen LogP contribution in [0.3, 0.4) is 0 Å². The number of benzene rings is 1. The van der Waals surface area contributed by atoms with Crippen molar-refractivity contribution in [3.05, 3.63) is 29.3 Å². The Labute approximate surface area is 99.7 Å². The number of rotatable bonds is 4. The number of hydrogen-bond donors (Lipinski definition) is 2. The van der Waals surface area contributed by atoms with Crippen LogP contribution in [0.5, 0.6) is 0 Å². The fourth-order valence-electron chi connectivity index (χ4n) is 1.31. The molecule has 3 nitrogen and oxygen atoms in total. The summed E-state index contributed by atoms with van der Waals surface area (Å²) in [7, 11) is 0. The minimum Gasteiger partial charge on any atom is -0.395 e. The summed E-state index contributed by atoms with van der Waals surface area (Å²) >= 11 is 1.47. The van der Waals surface area contributed by atoms with Gasteiger partial charge in [-0.25, -0.2) is 0 Å². The van der Waals surface area contributed by atoms with Crippen molar-refractivity contribution in [3.63, 3.8) is 0 Å². The molecule has 16 heavy (non-hydrogen) atoms. The van der Waals surface area contributed by atoms with Crippen molar-refractivity contribution in [2.75, 3.05) is 6.61 Å². The smallest absolute Gasteiger partial charge is 0.0992 e. The van der Waals surface area contributed by atoms with Gasteiger partial charge in [-0.3, -0.25) is 0 Å². The highest BCUT2D eigenvalue weighted by Gasteiger charge is 2.12. The van der Waals surface area contributed by atoms with Crippen LogP contribution in [0, 0.1) is 11.3 Å². The third-order valence-corrected chi connectivity index (χ3v) is 3.34. The highest BCUT2D eigenvalue weighted by Crippen LogP contribution is 2.31. The van der Waals surface area contributed by atoms with Crippen LogP contribution in [-0.2, 0) is 0 Å². The molecule has 1 aromatic rings. The van der Waals surface area contributed by atoms with Gasteiger partial charge >= 0.3 is 0 Å². The van der Waals surface area contributed by atoms with Crippen molar-refractivity contribution >= 4 is 11.8 Å². The molecule has 0 saturated heterocycles. The van der Waals surface area contributed by atoms with E-state index in [1.165, 1.54) is 11.8 Å². The molecule has 0 aliphatic carbocycles. The first kappa shape index (κ1) is 13.0. The van der Waals surface area contributed by atoms with Crippen LogP contribution in [0.2, 0.25) is 0 Å². The molecule has 0 aromatic heterocycles. The van der Waals surface area contributed by atoms with Crippen LogP contribution < -0.4 is 0 Å². The number of thioether (sulfide) groups is 1. The minimum atomic E-state index is -0.568. The lowest BCUT2D eigenvalue weighted by Crippen LogP contribution is -2.04. The van der Waals surface area contributed by atoms with Crippen molar-refractivity contribution in [1.82, 2.24) is 0 Å². The molecule has 0 heterocycles. The molecule has 2 atom stereocenters. The van der Waals surface area contributed by atoms with E-state index in [0.717, 1.165) is 10.5 Å². The molecule has 0 bridgehead atoms. The first-order valence-electron chi connectivity index (χ1n) is 5.08. The molecule has 86 valence electrons. The summed E-state index contributed by atoms with van der Waals surface area (Å²) in [5.74, 6) is 0. The summed E-state index contributed by atoms with van der Waals surface area (Å²) in [6.45, 7) is 3.66. The zero-order valence-corrected chi connectivity index (χ0v) is 10.2. The molecule has 1 rings (SSSR count). The summed E-state index contributed by atoms with van der Waals surface area (Å²) in [5, 5.41) is 27.5. The zero-order valence-electron chi connectivity index (χ0n) is 9.34. The summed E-state index contributed by atoms with van der Waals surface area (Å²) < 4.78 is 0. The molecule has 0 amide bonds. The van der Waals surface area contributed by atoms with Crippen molar-refractivity contribution in [2.24, 2.45) is 0 Å². The number of nitriles is 1. The summed E-state index contributed by atoms with van der Waals surface area (Å²) in [5.41, 5.74) is 1.36. The topological polar surface area (TPSA) is 64.2 Å². The highest BCUT2D eigenvalue weighted by atomic mass is 32.2. The predicted octanol–water partition coefficient (Wildman–Crippen LogP) is 2.08. The summed E-state index contributed by atoms with van der Waals surface area (Å²) in [4.78, 5) is 0.857. The lowest BCUT2D eigenvalue weighted by Gasteiger charge is -2.14. The fraction of sp³-hybridized carbons (Fsp3) is 0.417. The monoisotopic (exact) mass is 237 g/mol. The van der Waals surface area contributed by atoms with E-state index >= 15 is 0 Å². The van der Waals surface area contributed by atoms with Crippen LogP contribution in [0.1, 0.15) is 31.1 Å². The predicted molar refractivity (Wildman–Crippen MR) is 64.2 cm³/mol. The molecular formula is C12H15NO2S. The van der Waals surface area contributed by atoms with Crippen LogP contribution in [0.25, 0.3) is 0 Å². The Morgan fingerprint density at radius 3 is 2.62 bits per heavy atom. The van der Waals surface area contributed by atoms with E-state index in [4.69, 9.17) is 10.4 Å². The first-order chi connectivity index (χ1) is 7.58. The van der Waals surface area contributed by atoms with E-state index in [-0.39, 0.29) is 11.9 Å². The van der Waals surface area contributed by atoms with Crippen molar-refractivity contribution < 1.29 is 10.2 Å². The Morgan fingerprint density at radius 2 is 2.12 bits per heavy atom. The quantitative estimate of drug-likeness (QED) is 0.787. The zero-order chi connectivity index (χ0) is 12.1. The molecular weight excluding hydrogens is 222 g/mol. The third kappa shape index (κ3) is 3.24. The van der Waals surface area contributed by atoms with E-state index < -0.39 is 6.10 Å². The number of aliphatic hydroxyl groups is 2. The molecule has 0 spiro atoms. The lowest BCUT2D eigenvalue weighted by molar-refractivity contribution is 0.196. The van der Waals surface area contributed by atoms with Gasteiger partial charge < -0.3 is 10.2 Å². The maximum Gasteiger partial charge on any atom is 0.0992 e. The number of aliphatic hydroxyl groups excluding tert-OH is 2. The molecule has 4 heteroatoms. The van der Waals surface area contributed by atoms with Crippen LogP contribution >= 0.6 is 11.8 Å². The molecule has 0 aliphatic rings. The Hall–Kier alpha value is -1.02. The number of nitrogens with zero attached hydrogens (tertiary/aromatic N) is 1. The van der Waals surface area contributed by atoms with Crippen molar-refractivity contribution in [3.8, 4) is 6.07 Å². The largest absolute Gasteiger partial charge is 0.395 e. The third-order valence-electron chi connectivity index (χ3n) is 2.18. The van der Waals surface area contributed by atoms with E-state index in [1.54, 1.807) is 25.1 Å². The van der Waals surface area contributed by atoms with E-state index in [1.807, 2.05) is 6.92 Å². The average Bonchev–Trinajstić information content (AvgIpc) is 2.28. The fourth-order valence-corrected chi connectivity index (χ4v) is 2.38. The molecule has 1 unspecified atom stereocenters. The first-order valence-corrected chi connectivity index (χ1v) is 5.96. The van der Waals surface area contributed by atoms with Crippen LogP contribution in [-0.4, -0.2) is 22.1 Å². The van der Waals surface area contributed by atoms with Crippen molar-refractivity contribution in [2.45, 2.75) is 30.1 Å². The van der Waals surface area contributed by atoms with Gasteiger partial charge in [0.05, 0.1) is 24.3 Å². The van der Waals surface area contributed by atoms with Gasteiger partial charge in [-0.2, -0.15) is 5.26 Å². The Bertz CT molecular complexity index is 398. The summed E-state index contributed by atoms with van der Waals surface area (Å²) in [6.07, 6.45) is -0.568. The van der Waals surface area contributed by atoms with E-state index in [9.17, 15) is 5.11 Å². The normalized spacial score (nSPS) is 14.2. The second kappa shape index (κ2) is 5.90. The van der Waals surface area contributed by atoms with Crippen LogP contribution in [0.15, 0.2) is 23.1 Å². The maximum atomic E-state index is 9.59. The number of hydrogen-bond acceptors (Lipinski definition) is 4. The van der Waals surface area contributed by atoms with E-state index in [0.29, 0.717) is 5.56 Å². The minimum absolute atomic E-state index is 0.0476. The van der Waals surface area contributed by atoms with Gasteiger partial charge in [-0.05, 0) is 24.6 Å².